The number of aromatic amines is 2. The fraction of sp³-hybridized carbons (Fsp3) is 0. The van der Waals surface area contributed by atoms with Gasteiger partial charge in [-0.15, -0.1) is 0 Å². The Hall–Kier alpha value is -5.28. The highest BCUT2D eigenvalue weighted by Crippen LogP contribution is 2.41. The lowest BCUT2D eigenvalue weighted by atomic mass is 10.0. The van der Waals surface area contributed by atoms with E-state index >= 15 is 0 Å². The average molecular weight is 498 g/mol. The molecular formula is C36H23N3. The first-order valence-corrected chi connectivity index (χ1v) is 13.4. The van der Waals surface area contributed by atoms with Crippen LogP contribution in [0.15, 0.2) is 127 Å². The fourth-order valence-corrected chi connectivity index (χ4v) is 6.55. The molecule has 3 heteroatoms. The zero-order valence-corrected chi connectivity index (χ0v) is 21.1. The summed E-state index contributed by atoms with van der Waals surface area (Å²) in [4.78, 5) is 7.52. The first-order chi connectivity index (χ1) is 19.3. The Morgan fingerprint density at radius 3 is 2.05 bits per heavy atom. The highest BCUT2D eigenvalue weighted by molar-refractivity contribution is 6.24. The lowest BCUT2D eigenvalue weighted by Crippen LogP contribution is -1.93. The molecule has 0 saturated carbocycles. The fourth-order valence-electron chi connectivity index (χ4n) is 6.55. The second-order valence-electron chi connectivity index (χ2n) is 10.4. The van der Waals surface area contributed by atoms with E-state index in [9.17, 15) is 0 Å². The standard InChI is InChI=1S/C36H23N3/c1-2-9-23(10-3-1)39-33-16-7-5-12-27(33)30-20-19-29-28-14-8-13-24(34(28)38-35(29)36(30)39)22-17-18-26-25-11-4-6-15-31(25)37-32(26)21-22/h1-21,37-38H. The van der Waals surface area contributed by atoms with Gasteiger partial charge in [0.1, 0.15) is 0 Å². The maximum atomic E-state index is 3.90. The van der Waals surface area contributed by atoms with Gasteiger partial charge >= 0.3 is 0 Å². The van der Waals surface area contributed by atoms with Gasteiger partial charge in [0.15, 0.2) is 0 Å². The molecule has 0 unspecified atom stereocenters. The summed E-state index contributed by atoms with van der Waals surface area (Å²) >= 11 is 0. The Kier molecular flexibility index (Phi) is 4.05. The monoisotopic (exact) mass is 497 g/mol. The number of nitrogens with one attached hydrogen (secondary N) is 2. The van der Waals surface area contributed by atoms with E-state index in [4.69, 9.17) is 0 Å². The first-order valence-electron chi connectivity index (χ1n) is 13.4. The zero-order valence-electron chi connectivity index (χ0n) is 21.1. The van der Waals surface area contributed by atoms with Gasteiger partial charge < -0.3 is 14.5 Å². The molecule has 0 aliphatic heterocycles. The van der Waals surface area contributed by atoms with Gasteiger partial charge in [-0.3, -0.25) is 0 Å². The van der Waals surface area contributed by atoms with E-state index in [1.807, 2.05) is 0 Å². The molecular weight excluding hydrogens is 474 g/mol. The van der Waals surface area contributed by atoms with Crippen LogP contribution in [0, 0.1) is 0 Å². The smallest absolute Gasteiger partial charge is 0.0783 e. The molecule has 0 fully saturated rings. The molecule has 3 aromatic heterocycles. The molecule has 3 heterocycles. The molecule has 0 aliphatic carbocycles. The van der Waals surface area contributed by atoms with Gasteiger partial charge in [-0.05, 0) is 35.9 Å². The summed E-state index contributed by atoms with van der Waals surface area (Å²) in [6, 6.07) is 45.9. The minimum Gasteiger partial charge on any atom is -0.354 e. The van der Waals surface area contributed by atoms with Crippen LogP contribution < -0.4 is 0 Å². The summed E-state index contributed by atoms with van der Waals surface area (Å²) in [7, 11) is 0. The van der Waals surface area contributed by atoms with Crippen LogP contribution in [-0.4, -0.2) is 14.5 Å². The van der Waals surface area contributed by atoms with E-state index in [2.05, 4.69) is 142 Å². The van der Waals surface area contributed by atoms with Crippen LogP contribution in [-0.2, 0) is 0 Å². The first kappa shape index (κ1) is 20.7. The predicted molar refractivity (Wildman–Crippen MR) is 165 cm³/mol. The Morgan fingerprint density at radius 2 is 1.13 bits per heavy atom. The van der Waals surface area contributed by atoms with Gasteiger partial charge in [0, 0.05) is 54.6 Å². The van der Waals surface area contributed by atoms with Gasteiger partial charge in [-0.25, -0.2) is 0 Å². The van der Waals surface area contributed by atoms with Crippen LogP contribution in [0.3, 0.4) is 0 Å². The third kappa shape index (κ3) is 2.82. The highest BCUT2D eigenvalue weighted by atomic mass is 15.0. The molecule has 0 amide bonds. The van der Waals surface area contributed by atoms with Gasteiger partial charge in [0.25, 0.3) is 0 Å². The minimum atomic E-state index is 1.16. The maximum Gasteiger partial charge on any atom is 0.0783 e. The van der Waals surface area contributed by atoms with Gasteiger partial charge in [0.2, 0.25) is 0 Å². The molecule has 0 bridgehead atoms. The van der Waals surface area contributed by atoms with Crippen molar-refractivity contribution in [1.82, 2.24) is 14.5 Å². The van der Waals surface area contributed by atoms with Crippen molar-refractivity contribution in [2.45, 2.75) is 0 Å². The third-order valence-electron chi connectivity index (χ3n) is 8.27. The summed E-state index contributed by atoms with van der Waals surface area (Å²) in [5.74, 6) is 0. The van der Waals surface area contributed by atoms with Gasteiger partial charge in [0.05, 0.1) is 22.1 Å². The molecule has 0 atom stereocenters. The number of fused-ring (bicyclic) bond motifs is 10. The summed E-state index contributed by atoms with van der Waals surface area (Å²) in [6.45, 7) is 0. The zero-order chi connectivity index (χ0) is 25.5. The van der Waals surface area contributed by atoms with E-state index in [0.29, 0.717) is 0 Å². The number of rotatable bonds is 2. The van der Waals surface area contributed by atoms with E-state index < -0.39 is 0 Å². The molecule has 182 valence electrons. The number of H-pyrrole nitrogens is 2. The molecule has 9 rings (SSSR count). The van der Waals surface area contributed by atoms with Gasteiger partial charge in [-0.1, -0.05) is 97.1 Å². The van der Waals surface area contributed by atoms with Crippen molar-refractivity contribution in [3.63, 3.8) is 0 Å². The largest absolute Gasteiger partial charge is 0.354 e. The van der Waals surface area contributed by atoms with Crippen molar-refractivity contribution in [2.24, 2.45) is 0 Å². The van der Waals surface area contributed by atoms with Crippen molar-refractivity contribution in [1.29, 1.82) is 0 Å². The van der Waals surface area contributed by atoms with Crippen molar-refractivity contribution in [3.8, 4) is 16.8 Å². The van der Waals surface area contributed by atoms with Crippen LogP contribution in [0.4, 0.5) is 0 Å². The van der Waals surface area contributed by atoms with E-state index in [1.54, 1.807) is 0 Å². The van der Waals surface area contributed by atoms with Crippen LogP contribution in [0.25, 0.3) is 82.2 Å². The van der Waals surface area contributed by atoms with Crippen molar-refractivity contribution >= 4 is 65.4 Å². The number of nitrogens with zero attached hydrogens (tertiary/aromatic N) is 1. The molecule has 9 aromatic rings. The van der Waals surface area contributed by atoms with Crippen LogP contribution in [0.1, 0.15) is 0 Å². The summed E-state index contributed by atoms with van der Waals surface area (Å²) in [5.41, 5.74) is 10.7. The topological polar surface area (TPSA) is 36.5 Å². The van der Waals surface area contributed by atoms with E-state index in [-0.39, 0.29) is 0 Å². The Balaban J connectivity index is 1.37. The molecule has 3 nitrogen and oxygen atoms in total. The number of aromatic nitrogens is 3. The van der Waals surface area contributed by atoms with Crippen LogP contribution in [0.2, 0.25) is 0 Å². The van der Waals surface area contributed by atoms with Crippen molar-refractivity contribution in [3.05, 3.63) is 127 Å². The van der Waals surface area contributed by atoms with E-state index in [1.165, 1.54) is 76.7 Å². The second kappa shape index (κ2) is 7.62. The second-order valence-corrected chi connectivity index (χ2v) is 10.4. The number of benzene rings is 6. The van der Waals surface area contributed by atoms with Crippen molar-refractivity contribution in [2.75, 3.05) is 0 Å². The summed E-state index contributed by atoms with van der Waals surface area (Å²) < 4.78 is 2.40. The Bertz CT molecular complexity index is 2380. The lowest BCUT2D eigenvalue weighted by Gasteiger charge is -2.08. The lowest BCUT2D eigenvalue weighted by molar-refractivity contribution is 1.18. The van der Waals surface area contributed by atoms with Crippen LogP contribution >= 0.6 is 0 Å². The average Bonchev–Trinajstić information content (AvgIpc) is 3.66. The van der Waals surface area contributed by atoms with Crippen molar-refractivity contribution < 1.29 is 0 Å². The minimum absolute atomic E-state index is 1.16. The SMILES string of the molecule is c1ccc(-n2c3ccccc3c3ccc4c5cccc(-c6ccc7c(c6)[nH]c6ccccc67)c5[nH]c4c32)cc1. The molecule has 0 radical (unpaired) electrons. The molecule has 0 spiro atoms. The maximum absolute atomic E-state index is 3.90. The predicted octanol–water partition coefficient (Wildman–Crippen LogP) is 9.72. The molecule has 6 aromatic carbocycles. The highest BCUT2D eigenvalue weighted by Gasteiger charge is 2.18. The Morgan fingerprint density at radius 1 is 0.436 bits per heavy atom. The molecule has 39 heavy (non-hydrogen) atoms. The summed E-state index contributed by atoms with van der Waals surface area (Å²) in [5, 5.41) is 7.53. The summed E-state index contributed by atoms with van der Waals surface area (Å²) in [6.07, 6.45) is 0. The quantitative estimate of drug-likeness (QED) is 0.238. The number of hydrogen-bond acceptors (Lipinski definition) is 0. The van der Waals surface area contributed by atoms with Crippen LogP contribution in [0.5, 0.6) is 0 Å². The molecule has 2 N–H and O–H groups in total. The third-order valence-corrected chi connectivity index (χ3v) is 8.27. The normalized spacial score (nSPS) is 12.1. The number of para-hydroxylation sites is 4. The molecule has 0 aliphatic rings. The Labute approximate surface area is 223 Å². The van der Waals surface area contributed by atoms with E-state index in [0.717, 1.165) is 5.52 Å². The van der Waals surface area contributed by atoms with Gasteiger partial charge in [-0.2, -0.15) is 0 Å². The number of hydrogen-bond donors (Lipinski definition) is 2. The molecule has 0 saturated heterocycles.